The number of aliphatic imine (C=N–C) groups is 1. The van der Waals surface area contributed by atoms with Gasteiger partial charge in [0.25, 0.3) is 5.91 Å². The summed E-state index contributed by atoms with van der Waals surface area (Å²) in [6.07, 6.45) is -4.86. The van der Waals surface area contributed by atoms with Crippen LogP contribution in [0, 0.1) is 0 Å². The molecule has 2 aliphatic heterocycles. The summed E-state index contributed by atoms with van der Waals surface area (Å²) in [5.41, 5.74) is -2.41. The van der Waals surface area contributed by atoms with Crippen LogP contribution < -0.4 is 5.32 Å². The Bertz CT molecular complexity index is 801. The molecule has 3 heterocycles. The lowest BCUT2D eigenvalue weighted by Crippen LogP contribution is -2.57. The number of para-hydroxylation sites is 1. The van der Waals surface area contributed by atoms with Crippen LogP contribution in [0.3, 0.4) is 0 Å². The highest BCUT2D eigenvalue weighted by Crippen LogP contribution is 2.43. The lowest BCUT2D eigenvalue weighted by molar-refractivity contribution is -0.185. The smallest absolute Gasteiger partial charge is 0.322 e. The van der Waals surface area contributed by atoms with Crippen molar-refractivity contribution in [1.29, 1.82) is 0 Å². The summed E-state index contributed by atoms with van der Waals surface area (Å²) in [6.45, 7) is 0.238. The standard InChI is InChI=1S/C13H9F3N4OS2/c14-13(15,16)12(9(21)20-5-6-22-11(20)19-12)18-10-17-7-3-1-2-4-8(7)23-10/h1-4H,5-6H2,(H,17,18)/t12-/m0/s1. The van der Waals surface area contributed by atoms with Crippen LogP contribution >= 0.6 is 23.1 Å². The number of fused-ring (bicyclic) bond motifs is 2. The maximum Gasteiger partial charge on any atom is 0.442 e. The molecule has 120 valence electrons. The second-order valence-electron chi connectivity index (χ2n) is 5.02. The Morgan fingerprint density at radius 1 is 1.30 bits per heavy atom. The molecule has 1 saturated heterocycles. The summed E-state index contributed by atoms with van der Waals surface area (Å²) in [6, 6.07) is 6.99. The zero-order chi connectivity index (χ0) is 16.2. The van der Waals surface area contributed by atoms with Gasteiger partial charge in [-0.05, 0) is 12.1 Å². The Morgan fingerprint density at radius 2 is 2.09 bits per heavy atom. The second-order valence-corrected chi connectivity index (χ2v) is 7.11. The highest BCUT2D eigenvalue weighted by molar-refractivity contribution is 8.14. The van der Waals surface area contributed by atoms with Crippen molar-refractivity contribution in [2.24, 2.45) is 4.99 Å². The molecule has 1 amide bonds. The van der Waals surface area contributed by atoms with Gasteiger partial charge in [0.2, 0.25) is 0 Å². The molecule has 1 atom stereocenters. The second kappa shape index (κ2) is 4.84. The first kappa shape index (κ1) is 14.8. The number of hydrogen-bond donors (Lipinski definition) is 1. The number of halogens is 3. The quantitative estimate of drug-likeness (QED) is 0.897. The fraction of sp³-hybridized carbons (Fsp3) is 0.308. The number of carbonyl (C=O) groups is 1. The van der Waals surface area contributed by atoms with Crippen molar-refractivity contribution in [2.75, 3.05) is 17.6 Å². The van der Waals surface area contributed by atoms with E-state index in [-0.39, 0.29) is 16.8 Å². The summed E-state index contributed by atoms with van der Waals surface area (Å²) < 4.78 is 41.7. The van der Waals surface area contributed by atoms with Crippen molar-refractivity contribution >= 4 is 49.5 Å². The highest BCUT2D eigenvalue weighted by atomic mass is 32.2. The number of thiazole rings is 1. The fourth-order valence-electron chi connectivity index (χ4n) is 2.49. The molecule has 4 rings (SSSR count). The minimum Gasteiger partial charge on any atom is -0.322 e. The molecular weight excluding hydrogens is 349 g/mol. The first-order chi connectivity index (χ1) is 10.9. The van der Waals surface area contributed by atoms with E-state index in [2.05, 4.69) is 15.3 Å². The molecule has 1 aromatic heterocycles. The van der Waals surface area contributed by atoms with Crippen LogP contribution in [0.5, 0.6) is 0 Å². The van der Waals surface area contributed by atoms with Gasteiger partial charge in [0, 0.05) is 12.3 Å². The third-order valence-corrected chi connectivity index (χ3v) is 5.50. The maximum absolute atomic E-state index is 13.7. The summed E-state index contributed by atoms with van der Waals surface area (Å²) in [4.78, 5) is 21.3. The number of aromatic nitrogens is 1. The molecule has 0 aliphatic carbocycles. The van der Waals surface area contributed by atoms with Gasteiger partial charge in [-0.15, -0.1) is 0 Å². The number of nitrogens with one attached hydrogen (secondary N) is 1. The highest BCUT2D eigenvalue weighted by Gasteiger charge is 2.67. The largest absolute Gasteiger partial charge is 0.442 e. The van der Waals surface area contributed by atoms with Gasteiger partial charge in [-0.3, -0.25) is 9.69 Å². The monoisotopic (exact) mass is 358 g/mol. The Balaban J connectivity index is 1.78. The van der Waals surface area contributed by atoms with Gasteiger partial charge in [0.05, 0.1) is 10.2 Å². The maximum atomic E-state index is 13.7. The van der Waals surface area contributed by atoms with Crippen LogP contribution in [0.2, 0.25) is 0 Å². The Morgan fingerprint density at radius 3 is 2.78 bits per heavy atom. The predicted octanol–water partition coefficient (Wildman–Crippen LogP) is 2.91. The molecule has 5 nitrogen and oxygen atoms in total. The number of alkyl halides is 3. The van der Waals surface area contributed by atoms with Crippen LogP contribution in [-0.2, 0) is 4.79 Å². The number of nitrogens with zero attached hydrogens (tertiary/aromatic N) is 3. The van der Waals surface area contributed by atoms with Crippen molar-refractivity contribution in [2.45, 2.75) is 11.8 Å². The molecule has 0 unspecified atom stereocenters. The van der Waals surface area contributed by atoms with Crippen molar-refractivity contribution in [1.82, 2.24) is 9.88 Å². The molecule has 23 heavy (non-hydrogen) atoms. The molecule has 1 aromatic carbocycles. The molecule has 2 aromatic rings. The normalized spacial score (nSPS) is 24.2. The van der Waals surface area contributed by atoms with Crippen LogP contribution in [-0.4, -0.2) is 45.1 Å². The van der Waals surface area contributed by atoms with Crippen LogP contribution in [0.25, 0.3) is 10.2 Å². The molecule has 1 N–H and O–H groups in total. The third kappa shape index (κ3) is 2.12. The number of anilines is 1. The van der Waals surface area contributed by atoms with Crippen molar-refractivity contribution in [3.05, 3.63) is 24.3 Å². The lowest BCUT2D eigenvalue weighted by Gasteiger charge is -2.28. The molecule has 0 bridgehead atoms. The van der Waals surface area contributed by atoms with E-state index in [9.17, 15) is 18.0 Å². The van der Waals surface area contributed by atoms with Crippen molar-refractivity contribution in [3.63, 3.8) is 0 Å². The first-order valence-corrected chi connectivity index (χ1v) is 8.46. The van der Waals surface area contributed by atoms with E-state index in [1.165, 1.54) is 0 Å². The van der Waals surface area contributed by atoms with E-state index >= 15 is 0 Å². The number of carbonyl (C=O) groups excluding carboxylic acids is 1. The Kier molecular flexibility index (Phi) is 3.11. The minimum atomic E-state index is -4.86. The van der Waals surface area contributed by atoms with Gasteiger partial charge in [-0.1, -0.05) is 35.2 Å². The number of benzene rings is 1. The number of hydrogen-bond acceptors (Lipinski definition) is 6. The van der Waals surface area contributed by atoms with E-state index in [0.29, 0.717) is 11.3 Å². The number of amides is 1. The molecule has 0 saturated carbocycles. The van der Waals surface area contributed by atoms with E-state index < -0.39 is 17.7 Å². The minimum absolute atomic E-state index is 0.0207. The van der Waals surface area contributed by atoms with E-state index in [0.717, 1.165) is 32.7 Å². The fourth-order valence-corrected chi connectivity index (χ4v) is 4.39. The van der Waals surface area contributed by atoms with Gasteiger partial charge >= 0.3 is 11.8 Å². The summed E-state index contributed by atoms with van der Waals surface area (Å²) in [5, 5.41) is 2.39. The van der Waals surface area contributed by atoms with E-state index in [4.69, 9.17) is 0 Å². The number of rotatable bonds is 2. The van der Waals surface area contributed by atoms with E-state index in [1.54, 1.807) is 24.3 Å². The zero-order valence-corrected chi connectivity index (χ0v) is 13.1. The molecule has 0 radical (unpaired) electrons. The van der Waals surface area contributed by atoms with Crippen LogP contribution in [0.15, 0.2) is 29.3 Å². The third-order valence-electron chi connectivity index (χ3n) is 3.59. The van der Waals surface area contributed by atoms with E-state index in [1.807, 2.05) is 0 Å². The lowest BCUT2D eigenvalue weighted by atomic mass is 10.1. The number of amidine groups is 1. The summed E-state index contributed by atoms with van der Waals surface area (Å²) in [5.74, 6) is -0.538. The molecule has 1 fully saturated rings. The van der Waals surface area contributed by atoms with Crippen molar-refractivity contribution < 1.29 is 18.0 Å². The van der Waals surface area contributed by atoms with Crippen LogP contribution in [0.4, 0.5) is 18.3 Å². The Hall–Kier alpha value is -1.81. The summed E-state index contributed by atoms with van der Waals surface area (Å²) >= 11 is 2.21. The zero-order valence-electron chi connectivity index (χ0n) is 11.4. The van der Waals surface area contributed by atoms with Crippen LogP contribution in [0.1, 0.15) is 0 Å². The molecule has 10 heteroatoms. The Labute approximate surface area is 136 Å². The predicted molar refractivity (Wildman–Crippen MR) is 83.6 cm³/mol. The summed E-state index contributed by atoms with van der Waals surface area (Å²) in [7, 11) is 0. The SMILES string of the molecule is O=C1N2CCSC2=N[C@]1(Nc1nc2ccccc2s1)C(F)(F)F. The van der Waals surface area contributed by atoms with Crippen molar-refractivity contribution in [3.8, 4) is 0 Å². The average Bonchev–Trinajstić information content (AvgIpc) is 3.14. The van der Waals surface area contributed by atoms with Gasteiger partial charge in [-0.25, -0.2) is 9.98 Å². The van der Waals surface area contributed by atoms with Gasteiger partial charge in [0.1, 0.15) is 0 Å². The molecular formula is C13H9F3N4OS2. The molecule has 0 spiro atoms. The van der Waals surface area contributed by atoms with Gasteiger partial charge in [-0.2, -0.15) is 13.2 Å². The molecule has 2 aliphatic rings. The average molecular weight is 358 g/mol. The first-order valence-electron chi connectivity index (χ1n) is 6.66. The topological polar surface area (TPSA) is 57.6 Å². The van der Waals surface area contributed by atoms with Gasteiger partial charge in [0.15, 0.2) is 10.3 Å². The number of thioether (sulfide) groups is 1. The van der Waals surface area contributed by atoms with Gasteiger partial charge < -0.3 is 5.32 Å².